The Labute approximate surface area is 228 Å². The lowest BCUT2D eigenvalue weighted by atomic mass is 10.0. The lowest BCUT2D eigenvalue weighted by molar-refractivity contribution is 0.0899. The summed E-state index contributed by atoms with van der Waals surface area (Å²) in [5.41, 5.74) is 2.86. The third-order valence-electron chi connectivity index (χ3n) is 6.51. The van der Waals surface area contributed by atoms with Crippen molar-refractivity contribution in [2.45, 2.75) is 72.1 Å². The fourth-order valence-electron chi connectivity index (χ4n) is 4.61. The molecule has 0 radical (unpaired) electrons. The molecule has 1 fully saturated rings. The molecular formula is C27H42N6O3SSi. The highest BCUT2D eigenvalue weighted by atomic mass is 32.2. The van der Waals surface area contributed by atoms with Gasteiger partial charge in [-0.3, -0.25) is 0 Å². The van der Waals surface area contributed by atoms with Gasteiger partial charge in [0.15, 0.2) is 5.65 Å². The minimum Gasteiger partial charge on any atom is -0.365 e. The van der Waals surface area contributed by atoms with Crippen molar-refractivity contribution in [1.29, 1.82) is 0 Å². The second-order valence-electron chi connectivity index (χ2n) is 12.7. The number of anilines is 1. The fraction of sp³-hybridized carbons (Fsp3) is 0.593. The SMILES string of the molecule is CC(C)(C)CS(=O)(=O)N1CCCC(Nc2ncccc2-c2cnc3c(ccn3COCC[Si](C)(C)C)n2)C1. The van der Waals surface area contributed by atoms with Crippen LogP contribution in [-0.2, 0) is 21.5 Å². The van der Waals surface area contributed by atoms with E-state index in [2.05, 4.69) is 29.9 Å². The van der Waals surface area contributed by atoms with Gasteiger partial charge in [0.05, 0.1) is 17.6 Å². The molecule has 1 unspecified atom stereocenters. The monoisotopic (exact) mass is 558 g/mol. The van der Waals surface area contributed by atoms with Crippen LogP contribution in [0.25, 0.3) is 22.4 Å². The quantitative estimate of drug-likeness (QED) is 0.274. The molecule has 4 heterocycles. The molecule has 1 saturated heterocycles. The summed E-state index contributed by atoms with van der Waals surface area (Å²) in [7, 11) is -4.46. The first-order valence-corrected chi connectivity index (χ1v) is 18.7. The van der Waals surface area contributed by atoms with E-state index in [1.165, 1.54) is 0 Å². The molecule has 0 aromatic carbocycles. The number of aromatic nitrogens is 4. The Hall–Kier alpha value is -2.34. The van der Waals surface area contributed by atoms with E-state index in [4.69, 9.17) is 14.7 Å². The van der Waals surface area contributed by atoms with E-state index in [1.54, 1.807) is 16.7 Å². The summed E-state index contributed by atoms with van der Waals surface area (Å²) >= 11 is 0. The molecule has 0 amide bonds. The Morgan fingerprint density at radius 1 is 1.18 bits per heavy atom. The van der Waals surface area contributed by atoms with Gasteiger partial charge in [-0.25, -0.2) is 23.4 Å². The number of fused-ring (bicyclic) bond motifs is 1. The van der Waals surface area contributed by atoms with E-state index in [9.17, 15) is 8.42 Å². The van der Waals surface area contributed by atoms with Gasteiger partial charge < -0.3 is 14.6 Å². The van der Waals surface area contributed by atoms with Crippen LogP contribution in [0.4, 0.5) is 5.82 Å². The van der Waals surface area contributed by atoms with E-state index >= 15 is 0 Å². The molecule has 1 aliphatic rings. The van der Waals surface area contributed by atoms with Gasteiger partial charge in [0, 0.05) is 51.8 Å². The molecule has 9 nitrogen and oxygen atoms in total. The molecule has 208 valence electrons. The standard InChI is InChI=1S/C27H42N6O3SSi/c1-27(2,3)19-37(34,35)33-13-8-9-21(18-33)30-25-22(10-7-12-28-25)24-17-29-26-23(31-24)11-14-32(26)20-36-15-16-38(4,5)6/h7,10-12,14,17,21H,8-9,13,15-16,18-20H2,1-6H3,(H,28,30). The number of sulfonamides is 1. The molecular weight excluding hydrogens is 516 g/mol. The third-order valence-corrected chi connectivity index (χ3v) is 10.6. The third kappa shape index (κ3) is 7.61. The van der Waals surface area contributed by atoms with Gasteiger partial charge in [0.25, 0.3) is 0 Å². The zero-order chi connectivity index (χ0) is 27.6. The molecule has 1 N–H and O–H groups in total. The summed E-state index contributed by atoms with van der Waals surface area (Å²) in [4.78, 5) is 14.1. The summed E-state index contributed by atoms with van der Waals surface area (Å²) in [6.45, 7) is 15.1. The molecule has 3 aromatic heterocycles. The average molecular weight is 559 g/mol. The van der Waals surface area contributed by atoms with Crippen LogP contribution in [0.1, 0.15) is 33.6 Å². The van der Waals surface area contributed by atoms with Crippen LogP contribution in [0.15, 0.2) is 36.8 Å². The van der Waals surface area contributed by atoms with Crippen molar-refractivity contribution in [3.8, 4) is 11.3 Å². The van der Waals surface area contributed by atoms with Crippen molar-refractivity contribution in [2.24, 2.45) is 5.41 Å². The van der Waals surface area contributed by atoms with Crippen molar-refractivity contribution in [3.05, 3.63) is 36.8 Å². The number of hydrogen-bond acceptors (Lipinski definition) is 7. The summed E-state index contributed by atoms with van der Waals surface area (Å²) in [5.74, 6) is 0.829. The van der Waals surface area contributed by atoms with Crippen LogP contribution in [0, 0.1) is 5.41 Å². The van der Waals surface area contributed by atoms with Crippen molar-refractivity contribution in [3.63, 3.8) is 0 Å². The smallest absolute Gasteiger partial charge is 0.214 e. The van der Waals surface area contributed by atoms with Crippen LogP contribution in [0.2, 0.25) is 25.7 Å². The van der Waals surface area contributed by atoms with Crippen LogP contribution in [0.5, 0.6) is 0 Å². The zero-order valence-electron chi connectivity index (χ0n) is 23.6. The van der Waals surface area contributed by atoms with Gasteiger partial charge in [-0.2, -0.15) is 4.31 Å². The Kier molecular flexibility index (Phi) is 8.61. The lowest BCUT2D eigenvalue weighted by Gasteiger charge is -2.34. The molecule has 0 spiro atoms. The van der Waals surface area contributed by atoms with Gasteiger partial charge in [-0.1, -0.05) is 40.4 Å². The Morgan fingerprint density at radius 2 is 1.97 bits per heavy atom. The first kappa shape index (κ1) is 28.7. The largest absolute Gasteiger partial charge is 0.365 e. The first-order chi connectivity index (χ1) is 17.8. The second-order valence-corrected chi connectivity index (χ2v) is 20.2. The van der Waals surface area contributed by atoms with Crippen molar-refractivity contribution < 1.29 is 13.2 Å². The maximum absolute atomic E-state index is 13.0. The van der Waals surface area contributed by atoms with E-state index < -0.39 is 18.1 Å². The van der Waals surface area contributed by atoms with Crippen LogP contribution < -0.4 is 5.32 Å². The fourth-order valence-corrected chi connectivity index (χ4v) is 7.46. The van der Waals surface area contributed by atoms with Crippen molar-refractivity contribution in [1.82, 2.24) is 23.8 Å². The number of hydrogen-bond donors (Lipinski definition) is 1. The van der Waals surface area contributed by atoms with Crippen LogP contribution in [0.3, 0.4) is 0 Å². The maximum atomic E-state index is 13.0. The number of piperidine rings is 1. The van der Waals surface area contributed by atoms with Gasteiger partial charge >= 0.3 is 0 Å². The lowest BCUT2D eigenvalue weighted by Crippen LogP contribution is -2.47. The summed E-state index contributed by atoms with van der Waals surface area (Å²) in [5, 5.41) is 3.51. The number of ether oxygens (including phenoxy) is 1. The summed E-state index contributed by atoms with van der Waals surface area (Å²) in [6.07, 6.45) is 7.15. The van der Waals surface area contributed by atoms with Gasteiger partial charge in [-0.05, 0) is 42.5 Å². The van der Waals surface area contributed by atoms with E-state index in [0.29, 0.717) is 25.6 Å². The molecule has 4 rings (SSSR count). The highest BCUT2D eigenvalue weighted by molar-refractivity contribution is 7.89. The minimum absolute atomic E-state index is 0.0294. The van der Waals surface area contributed by atoms with E-state index in [1.807, 2.05) is 49.7 Å². The van der Waals surface area contributed by atoms with Crippen LogP contribution >= 0.6 is 0 Å². The molecule has 0 aliphatic carbocycles. The number of nitrogens with zero attached hydrogens (tertiary/aromatic N) is 5. The Balaban J connectivity index is 1.47. The number of rotatable bonds is 10. The van der Waals surface area contributed by atoms with E-state index in [-0.39, 0.29) is 17.2 Å². The van der Waals surface area contributed by atoms with E-state index in [0.717, 1.165) is 47.9 Å². The predicted octanol–water partition coefficient (Wildman–Crippen LogP) is 5.06. The second kappa shape index (κ2) is 11.4. The molecule has 0 saturated carbocycles. The maximum Gasteiger partial charge on any atom is 0.214 e. The average Bonchev–Trinajstić information content (AvgIpc) is 3.22. The molecule has 38 heavy (non-hydrogen) atoms. The number of nitrogens with one attached hydrogen (secondary N) is 1. The molecule has 1 aliphatic heterocycles. The summed E-state index contributed by atoms with van der Waals surface area (Å²) < 4.78 is 35.5. The zero-order valence-corrected chi connectivity index (χ0v) is 25.4. The summed E-state index contributed by atoms with van der Waals surface area (Å²) in [6, 6.07) is 6.90. The minimum atomic E-state index is -3.33. The van der Waals surface area contributed by atoms with Crippen LogP contribution in [-0.4, -0.2) is 71.8 Å². The topological polar surface area (TPSA) is 102 Å². The molecule has 0 bridgehead atoms. The highest BCUT2D eigenvalue weighted by Gasteiger charge is 2.32. The molecule has 1 atom stereocenters. The van der Waals surface area contributed by atoms with Crippen molar-refractivity contribution >= 4 is 35.1 Å². The van der Waals surface area contributed by atoms with Gasteiger partial charge in [-0.15, -0.1) is 0 Å². The predicted molar refractivity (Wildman–Crippen MR) is 156 cm³/mol. The Bertz CT molecular complexity index is 1350. The van der Waals surface area contributed by atoms with Gasteiger partial charge in [0.2, 0.25) is 10.0 Å². The normalized spacial score (nSPS) is 17.7. The molecule has 11 heteroatoms. The van der Waals surface area contributed by atoms with Crippen molar-refractivity contribution in [2.75, 3.05) is 30.8 Å². The highest BCUT2D eigenvalue weighted by Crippen LogP contribution is 2.28. The number of pyridine rings is 1. The Morgan fingerprint density at radius 3 is 2.71 bits per heavy atom. The van der Waals surface area contributed by atoms with Gasteiger partial charge in [0.1, 0.15) is 18.1 Å². The first-order valence-electron chi connectivity index (χ1n) is 13.4. The molecule has 3 aromatic rings.